The Hall–Kier alpha value is -3.29. The number of pyridine rings is 2. The van der Waals surface area contributed by atoms with Gasteiger partial charge in [-0.25, -0.2) is 4.98 Å². The third-order valence-electron chi connectivity index (χ3n) is 4.93. The van der Waals surface area contributed by atoms with E-state index in [2.05, 4.69) is 30.3 Å². The summed E-state index contributed by atoms with van der Waals surface area (Å²) in [5, 5.41) is 6.72. The molecule has 1 fully saturated rings. The normalized spacial score (nSPS) is 14.0. The van der Waals surface area contributed by atoms with Crippen LogP contribution in [0.4, 0.5) is 5.82 Å². The number of rotatable bonds is 7. The van der Waals surface area contributed by atoms with Crippen molar-refractivity contribution in [3.05, 3.63) is 54.3 Å². The average molecular weight is 392 g/mol. The lowest BCUT2D eigenvalue weighted by Crippen LogP contribution is -2.29. The Kier molecular flexibility index (Phi) is 6.09. The van der Waals surface area contributed by atoms with Gasteiger partial charge in [-0.2, -0.15) is 4.98 Å². The van der Waals surface area contributed by atoms with Gasteiger partial charge in [0.1, 0.15) is 5.82 Å². The lowest BCUT2D eigenvalue weighted by atomic mass is 10.1. The van der Waals surface area contributed by atoms with Gasteiger partial charge in [0.15, 0.2) is 0 Å². The highest BCUT2D eigenvalue weighted by Gasteiger charge is 2.17. The van der Waals surface area contributed by atoms with Gasteiger partial charge in [-0.15, -0.1) is 0 Å². The first-order valence-electron chi connectivity index (χ1n) is 10.0. The van der Waals surface area contributed by atoms with Crippen molar-refractivity contribution >= 4 is 11.7 Å². The smallest absolute Gasteiger partial charge is 0.316 e. The number of carbonyl (C=O) groups excluding carboxylic acids is 1. The molecule has 1 aliphatic rings. The Labute approximate surface area is 169 Å². The first-order chi connectivity index (χ1) is 14.3. The molecule has 4 rings (SSSR count). The minimum absolute atomic E-state index is 0.0436. The van der Waals surface area contributed by atoms with E-state index in [1.165, 1.54) is 19.3 Å². The predicted molar refractivity (Wildman–Crippen MR) is 108 cm³/mol. The van der Waals surface area contributed by atoms with Gasteiger partial charge < -0.3 is 14.7 Å². The number of amides is 1. The minimum atomic E-state index is -0.373. The summed E-state index contributed by atoms with van der Waals surface area (Å²) in [4.78, 5) is 27.5. The SMILES string of the molecule is O=C(NCCCc1ccccn1)c1nc(-c2ccc(N3CCCCC3)nc2)no1. The van der Waals surface area contributed by atoms with Gasteiger partial charge in [0.05, 0.1) is 0 Å². The summed E-state index contributed by atoms with van der Waals surface area (Å²) in [6, 6.07) is 9.69. The van der Waals surface area contributed by atoms with Crippen molar-refractivity contribution in [3.63, 3.8) is 0 Å². The lowest BCUT2D eigenvalue weighted by Gasteiger charge is -2.27. The number of hydrogen-bond donors (Lipinski definition) is 1. The summed E-state index contributed by atoms with van der Waals surface area (Å²) in [5.74, 6) is 0.907. The fraction of sp³-hybridized carbons (Fsp3) is 0.381. The second-order valence-electron chi connectivity index (χ2n) is 7.06. The third kappa shape index (κ3) is 4.96. The summed E-state index contributed by atoms with van der Waals surface area (Å²) < 4.78 is 5.12. The second-order valence-corrected chi connectivity index (χ2v) is 7.06. The number of nitrogens with zero attached hydrogens (tertiary/aromatic N) is 5. The first-order valence-corrected chi connectivity index (χ1v) is 10.0. The highest BCUT2D eigenvalue weighted by atomic mass is 16.5. The van der Waals surface area contributed by atoms with Crippen molar-refractivity contribution in [2.75, 3.05) is 24.5 Å². The Morgan fingerprint density at radius 2 is 2.00 bits per heavy atom. The molecule has 0 atom stereocenters. The van der Waals surface area contributed by atoms with Crippen LogP contribution in [-0.2, 0) is 6.42 Å². The zero-order valence-corrected chi connectivity index (χ0v) is 16.3. The van der Waals surface area contributed by atoms with Gasteiger partial charge >= 0.3 is 11.8 Å². The molecule has 0 aliphatic carbocycles. The summed E-state index contributed by atoms with van der Waals surface area (Å²) in [6.45, 7) is 2.59. The van der Waals surface area contributed by atoms with E-state index in [-0.39, 0.29) is 11.8 Å². The number of anilines is 1. The van der Waals surface area contributed by atoms with Crippen LogP contribution in [0.2, 0.25) is 0 Å². The van der Waals surface area contributed by atoms with Crippen LogP contribution in [0.1, 0.15) is 42.1 Å². The molecule has 3 aromatic heterocycles. The Bertz CT molecular complexity index is 920. The molecule has 0 bridgehead atoms. The largest absolute Gasteiger partial charge is 0.357 e. The van der Waals surface area contributed by atoms with Gasteiger partial charge in [-0.3, -0.25) is 9.78 Å². The summed E-state index contributed by atoms with van der Waals surface area (Å²) in [6.07, 6.45) is 8.76. The highest BCUT2D eigenvalue weighted by Crippen LogP contribution is 2.21. The van der Waals surface area contributed by atoms with Crippen molar-refractivity contribution in [3.8, 4) is 11.4 Å². The molecule has 0 radical (unpaired) electrons. The topological polar surface area (TPSA) is 97.0 Å². The number of hydrogen-bond acceptors (Lipinski definition) is 7. The van der Waals surface area contributed by atoms with E-state index >= 15 is 0 Å². The molecule has 4 heterocycles. The summed E-state index contributed by atoms with van der Waals surface area (Å²) >= 11 is 0. The van der Waals surface area contributed by atoms with Crippen molar-refractivity contribution in [1.82, 2.24) is 25.4 Å². The van der Waals surface area contributed by atoms with Crippen LogP contribution in [0, 0.1) is 0 Å². The van der Waals surface area contributed by atoms with E-state index < -0.39 is 0 Å². The Morgan fingerprint density at radius 3 is 2.76 bits per heavy atom. The maximum atomic E-state index is 12.2. The van der Waals surface area contributed by atoms with E-state index in [4.69, 9.17) is 4.52 Å². The molecule has 1 amide bonds. The maximum absolute atomic E-state index is 12.2. The molecule has 29 heavy (non-hydrogen) atoms. The summed E-state index contributed by atoms with van der Waals surface area (Å²) in [7, 11) is 0. The molecule has 0 saturated carbocycles. The van der Waals surface area contributed by atoms with Gasteiger partial charge in [0.2, 0.25) is 5.82 Å². The third-order valence-corrected chi connectivity index (χ3v) is 4.93. The predicted octanol–water partition coefficient (Wildman–Crippen LogP) is 2.88. The highest BCUT2D eigenvalue weighted by molar-refractivity contribution is 5.89. The number of nitrogens with one attached hydrogen (secondary N) is 1. The quantitative estimate of drug-likeness (QED) is 0.618. The van der Waals surface area contributed by atoms with Crippen LogP contribution in [0.15, 0.2) is 47.2 Å². The zero-order valence-electron chi connectivity index (χ0n) is 16.3. The number of aromatic nitrogens is 4. The molecule has 150 valence electrons. The first kappa shape index (κ1) is 19.0. The number of carbonyl (C=O) groups is 1. The van der Waals surface area contributed by atoms with Crippen molar-refractivity contribution in [2.24, 2.45) is 0 Å². The molecule has 0 spiro atoms. The van der Waals surface area contributed by atoms with Crippen molar-refractivity contribution < 1.29 is 9.32 Å². The number of aryl methyl sites for hydroxylation is 1. The van der Waals surface area contributed by atoms with E-state index in [1.807, 2.05) is 30.3 Å². The van der Waals surface area contributed by atoms with Gasteiger partial charge in [-0.05, 0) is 56.4 Å². The molecule has 1 aliphatic heterocycles. The van der Waals surface area contributed by atoms with Crippen LogP contribution < -0.4 is 10.2 Å². The fourth-order valence-corrected chi connectivity index (χ4v) is 3.35. The van der Waals surface area contributed by atoms with E-state index in [1.54, 1.807) is 12.4 Å². The standard InChI is InChI=1S/C21H24N6O2/c28-20(23-12-6-8-17-7-2-3-11-22-17)21-25-19(26-29-21)16-9-10-18(24-15-16)27-13-4-1-5-14-27/h2-3,7,9-11,15H,1,4-6,8,12-14H2,(H,23,28). The van der Waals surface area contributed by atoms with Crippen LogP contribution in [-0.4, -0.2) is 45.7 Å². The lowest BCUT2D eigenvalue weighted by molar-refractivity contribution is 0.0909. The zero-order chi connectivity index (χ0) is 19.9. The Balaban J connectivity index is 1.29. The molecule has 8 nitrogen and oxygen atoms in total. The van der Waals surface area contributed by atoms with Crippen LogP contribution in [0.5, 0.6) is 0 Å². The maximum Gasteiger partial charge on any atom is 0.316 e. The molecule has 3 aromatic rings. The van der Waals surface area contributed by atoms with Crippen molar-refractivity contribution in [1.29, 1.82) is 0 Å². The second kappa shape index (κ2) is 9.27. The van der Waals surface area contributed by atoms with Crippen LogP contribution >= 0.6 is 0 Å². The molecule has 0 unspecified atom stereocenters. The van der Waals surface area contributed by atoms with Gasteiger partial charge in [-0.1, -0.05) is 11.2 Å². The molecule has 8 heteroatoms. The average Bonchev–Trinajstić information content (AvgIpc) is 3.29. The van der Waals surface area contributed by atoms with Gasteiger partial charge in [0, 0.05) is 43.3 Å². The number of piperidine rings is 1. The molecule has 0 aromatic carbocycles. The summed E-state index contributed by atoms with van der Waals surface area (Å²) in [5.41, 5.74) is 1.73. The van der Waals surface area contributed by atoms with E-state index in [0.717, 1.165) is 43.0 Å². The Morgan fingerprint density at radius 1 is 1.10 bits per heavy atom. The van der Waals surface area contributed by atoms with E-state index in [0.29, 0.717) is 12.4 Å². The van der Waals surface area contributed by atoms with Crippen molar-refractivity contribution in [2.45, 2.75) is 32.1 Å². The monoisotopic (exact) mass is 392 g/mol. The van der Waals surface area contributed by atoms with Crippen LogP contribution in [0.25, 0.3) is 11.4 Å². The molecule has 1 saturated heterocycles. The van der Waals surface area contributed by atoms with Crippen LogP contribution in [0.3, 0.4) is 0 Å². The molecular formula is C21H24N6O2. The fourth-order valence-electron chi connectivity index (χ4n) is 3.35. The van der Waals surface area contributed by atoms with Gasteiger partial charge in [0.25, 0.3) is 0 Å². The van der Waals surface area contributed by atoms with E-state index in [9.17, 15) is 4.79 Å². The molecular weight excluding hydrogens is 368 g/mol. The minimum Gasteiger partial charge on any atom is -0.357 e. The molecule has 1 N–H and O–H groups in total.